The van der Waals surface area contributed by atoms with Crippen LogP contribution in [-0.2, 0) is 0 Å². The third kappa shape index (κ3) is 3.59. The van der Waals surface area contributed by atoms with Gasteiger partial charge in [-0.25, -0.2) is 0 Å². The van der Waals surface area contributed by atoms with Gasteiger partial charge in [0.2, 0.25) is 0 Å². The second kappa shape index (κ2) is 5.89. The molecule has 0 spiro atoms. The molecule has 0 aliphatic carbocycles. The van der Waals surface area contributed by atoms with Crippen LogP contribution in [0.3, 0.4) is 0 Å². The average molecular weight is 312 g/mol. The summed E-state index contributed by atoms with van der Waals surface area (Å²) in [6.45, 7) is 12.9. The summed E-state index contributed by atoms with van der Waals surface area (Å²) < 4.78 is 0.998. The second-order valence-electron chi connectivity index (χ2n) is 5.46. The molecule has 1 rings (SSSR count). The van der Waals surface area contributed by atoms with E-state index < -0.39 is 6.10 Å². The highest BCUT2D eigenvalue weighted by molar-refractivity contribution is 9.10. The smallest absolute Gasteiger partial charge is 0.0762 e. The van der Waals surface area contributed by atoms with Crippen LogP contribution in [0.15, 0.2) is 35.3 Å². The van der Waals surface area contributed by atoms with Crippen molar-refractivity contribution in [3.05, 3.63) is 40.9 Å². The topological polar surface area (TPSA) is 23.5 Å². The summed E-state index contributed by atoms with van der Waals surface area (Å²) in [6.07, 6.45) is 1.46. The van der Waals surface area contributed by atoms with Crippen molar-refractivity contribution in [1.29, 1.82) is 0 Å². The van der Waals surface area contributed by atoms with E-state index >= 15 is 0 Å². The molecule has 0 bridgehead atoms. The van der Waals surface area contributed by atoms with E-state index in [2.05, 4.69) is 48.2 Å². The van der Waals surface area contributed by atoms with Crippen molar-refractivity contribution in [1.82, 2.24) is 0 Å². The van der Waals surface area contributed by atoms with Gasteiger partial charge < -0.3 is 10.0 Å². The van der Waals surface area contributed by atoms with Crippen molar-refractivity contribution in [2.45, 2.75) is 39.3 Å². The summed E-state index contributed by atoms with van der Waals surface area (Å²) in [5.41, 5.74) is 2.05. The molecule has 1 N–H and O–H groups in total. The molecule has 1 atom stereocenters. The average Bonchev–Trinajstić information content (AvgIpc) is 2.24. The highest BCUT2D eigenvalue weighted by Gasteiger charge is 2.22. The summed E-state index contributed by atoms with van der Waals surface area (Å²) >= 11 is 3.59. The molecule has 1 aromatic rings. The lowest BCUT2D eigenvalue weighted by Crippen LogP contribution is -2.41. The molecule has 0 heterocycles. The molecule has 0 aliphatic rings. The summed E-state index contributed by atoms with van der Waals surface area (Å²) in [6, 6.07) is 5.98. The minimum Gasteiger partial charge on any atom is -0.389 e. The molecule has 0 fully saturated rings. The molecule has 0 aromatic heterocycles. The van der Waals surface area contributed by atoms with Gasteiger partial charge >= 0.3 is 0 Å². The lowest BCUT2D eigenvalue weighted by atomic mass is 10.0. The maximum absolute atomic E-state index is 9.59. The van der Waals surface area contributed by atoms with Crippen molar-refractivity contribution < 1.29 is 5.11 Å². The number of benzene rings is 1. The van der Waals surface area contributed by atoms with Crippen molar-refractivity contribution in [3.8, 4) is 0 Å². The number of nitrogens with zero attached hydrogens (tertiary/aromatic N) is 1. The zero-order valence-corrected chi connectivity index (χ0v) is 13.2. The molecular weight excluding hydrogens is 290 g/mol. The van der Waals surface area contributed by atoms with E-state index in [4.69, 9.17) is 0 Å². The standard InChI is InChI=1S/C15H22BrNO/c1-6-9-17(15(3,4)5)14-8-7-12(11(2)18)10-13(14)16/h6-8,10-11,18H,1,9H2,2-5H3. The van der Waals surface area contributed by atoms with Crippen LogP contribution in [-0.4, -0.2) is 17.2 Å². The zero-order valence-electron chi connectivity index (χ0n) is 11.6. The lowest BCUT2D eigenvalue weighted by Gasteiger charge is -2.37. The number of hydrogen-bond acceptors (Lipinski definition) is 2. The minimum absolute atomic E-state index is 0.0169. The molecule has 0 saturated carbocycles. The van der Waals surface area contributed by atoms with Gasteiger partial charge in [-0.3, -0.25) is 0 Å². The Balaban J connectivity index is 3.18. The number of hydrogen-bond donors (Lipinski definition) is 1. The zero-order chi connectivity index (χ0) is 13.9. The Kier molecular flexibility index (Phi) is 5.00. The fourth-order valence-electron chi connectivity index (χ4n) is 1.86. The Bertz CT molecular complexity index is 421. The van der Waals surface area contributed by atoms with E-state index in [1.165, 1.54) is 0 Å². The quantitative estimate of drug-likeness (QED) is 0.838. The van der Waals surface area contributed by atoms with Crippen LogP contribution in [0.5, 0.6) is 0 Å². The van der Waals surface area contributed by atoms with E-state index in [0.717, 1.165) is 22.3 Å². The van der Waals surface area contributed by atoms with E-state index in [1.807, 2.05) is 24.3 Å². The van der Waals surface area contributed by atoms with Gasteiger partial charge in [0.25, 0.3) is 0 Å². The molecule has 0 radical (unpaired) electrons. The van der Waals surface area contributed by atoms with Gasteiger partial charge in [-0.2, -0.15) is 0 Å². The summed E-state index contributed by atoms with van der Waals surface area (Å²) in [5, 5.41) is 9.59. The minimum atomic E-state index is -0.446. The van der Waals surface area contributed by atoms with Crippen molar-refractivity contribution >= 4 is 21.6 Å². The third-order valence-corrected chi connectivity index (χ3v) is 3.50. The largest absolute Gasteiger partial charge is 0.389 e. The predicted molar refractivity (Wildman–Crippen MR) is 82.1 cm³/mol. The van der Waals surface area contributed by atoms with Crippen molar-refractivity contribution in [3.63, 3.8) is 0 Å². The number of anilines is 1. The van der Waals surface area contributed by atoms with Gasteiger partial charge in [-0.15, -0.1) is 6.58 Å². The van der Waals surface area contributed by atoms with Crippen LogP contribution < -0.4 is 4.90 Å². The van der Waals surface area contributed by atoms with Crippen LogP contribution >= 0.6 is 15.9 Å². The molecular formula is C15H22BrNO. The van der Waals surface area contributed by atoms with E-state index in [-0.39, 0.29) is 5.54 Å². The van der Waals surface area contributed by atoms with Crippen molar-refractivity contribution in [2.75, 3.05) is 11.4 Å². The Hall–Kier alpha value is -0.800. The molecule has 0 amide bonds. The summed E-state index contributed by atoms with van der Waals surface area (Å²) in [7, 11) is 0. The maximum Gasteiger partial charge on any atom is 0.0762 e. The fraction of sp³-hybridized carbons (Fsp3) is 0.467. The molecule has 2 nitrogen and oxygen atoms in total. The number of aliphatic hydroxyl groups is 1. The van der Waals surface area contributed by atoms with Crippen LogP contribution in [0.25, 0.3) is 0 Å². The molecule has 0 aliphatic heterocycles. The van der Waals surface area contributed by atoms with Gasteiger partial charge in [0, 0.05) is 16.6 Å². The number of aliphatic hydroxyl groups excluding tert-OH is 1. The summed E-state index contributed by atoms with van der Waals surface area (Å²) in [5.74, 6) is 0. The highest BCUT2D eigenvalue weighted by Crippen LogP contribution is 2.33. The summed E-state index contributed by atoms with van der Waals surface area (Å²) in [4.78, 5) is 2.27. The third-order valence-electron chi connectivity index (χ3n) is 2.87. The second-order valence-corrected chi connectivity index (χ2v) is 6.31. The van der Waals surface area contributed by atoms with Gasteiger partial charge in [-0.05, 0) is 61.3 Å². The van der Waals surface area contributed by atoms with E-state index in [1.54, 1.807) is 6.92 Å². The van der Waals surface area contributed by atoms with Crippen molar-refractivity contribution in [2.24, 2.45) is 0 Å². The molecule has 1 aromatic carbocycles. The first kappa shape index (κ1) is 15.3. The Labute approximate surface area is 118 Å². The molecule has 100 valence electrons. The first-order valence-electron chi connectivity index (χ1n) is 6.13. The van der Waals surface area contributed by atoms with E-state index in [0.29, 0.717) is 0 Å². The Morgan fingerprint density at radius 3 is 2.44 bits per heavy atom. The fourth-order valence-corrected chi connectivity index (χ4v) is 2.48. The van der Waals surface area contributed by atoms with Crippen LogP contribution in [0.4, 0.5) is 5.69 Å². The normalized spacial score (nSPS) is 13.2. The van der Waals surface area contributed by atoms with Gasteiger partial charge in [0.1, 0.15) is 0 Å². The van der Waals surface area contributed by atoms with Crippen LogP contribution in [0.2, 0.25) is 0 Å². The maximum atomic E-state index is 9.59. The Morgan fingerprint density at radius 2 is 2.06 bits per heavy atom. The van der Waals surface area contributed by atoms with E-state index in [9.17, 15) is 5.11 Å². The van der Waals surface area contributed by atoms with Crippen LogP contribution in [0.1, 0.15) is 39.4 Å². The Morgan fingerprint density at radius 1 is 1.44 bits per heavy atom. The number of rotatable bonds is 4. The lowest BCUT2D eigenvalue weighted by molar-refractivity contribution is 0.199. The molecule has 1 unspecified atom stereocenters. The SMILES string of the molecule is C=CCN(c1ccc(C(C)O)cc1Br)C(C)(C)C. The van der Waals surface area contributed by atoms with Gasteiger partial charge in [0.05, 0.1) is 11.8 Å². The predicted octanol–water partition coefficient (Wildman–Crippen LogP) is 4.29. The van der Waals surface area contributed by atoms with Crippen LogP contribution in [0, 0.1) is 0 Å². The van der Waals surface area contributed by atoms with Gasteiger partial charge in [0.15, 0.2) is 0 Å². The molecule has 18 heavy (non-hydrogen) atoms. The molecule has 3 heteroatoms. The first-order chi connectivity index (χ1) is 8.27. The first-order valence-corrected chi connectivity index (χ1v) is 6.92. The van der Waals surface area contributed by atoms with Gasteiger partial charge in [-0.1, -0.05) is 12.1 Å². The molecule has 0 saturated heterocycles. The highest BCUT2D eigenvalue weighted by atomic mass is 79.9. The number of halogens is 1. The monoisotopic (exact) mass is 311 g/mol.